The molecule has 1 aliphatic heterocycles. The van der Waals surface area contributed by atoms with Gasteiger partial charge in [-0.1, -0.05) is 44.8 Å². The second-order valence-electron chi connectivity index (χ2n) is 10.1. The summed E-state index contributed by atoms with van der Waals surface area (Å²) in [6.45, 7) is 7.22. The van der Waals surface area contributed by atoms with Crippen molar-refractivity contribution in [1.82, 2.24) is 0 Å². The normalized spacial score (nSPS) is 27.1. The number of aliphatic hydroxyl groups excluding tert-OH is 2. The summed E-state index contributed by atoms with van der Waals surface area (Å²) in [5, 5.41) is 21.2. The predicted molar refractivity (Wildman–Crippen MR) is 130 cm³/mol. The minimum atomic E-state index is -0.509. The highest BCUT2D eigenvalue weighted by atomic mass is 16.7. The average molecular weight is 469 g/mol. The topological polar surface area (TPSA) is 85.2 Å². The number of carbonyl (C=O) groups is 1. The quantitative estimate of drug-likeness (QED) is 0.182. The SMILES string of the molecule is CCCCCCCC1(CC[C@H]2[C@H](O)CC(O)[C@@H]2CC=CCCCC(=O)OC(C)C)OCCO1. The molecule has 1 saturated heterocycles. The van der Waals surface area contributed by atoms with E-state index in [1.165, 1.54) is 25.7 Å². The van der Waals surface area contributed by atoms with E-state index < -0.39 is 18.0 Å². The van der Waals surface area contributed by atoms with Gasteiger partial charge >= 0.3 is 5.97 Å². The Morgan fingerprint density at radius 2 is 1.70 bits per heavy atom. The number of ether oxygens (including phenoxy) is 3. The molecule has 0 amide bonds. The summed E-state index contributed by atoms with van der Waals surface area (Å²) < 4.78 is 17.3. The van der Waals surface area contributed by atoms with Crippen LogP contribution in [0.1, 0.15) is 104 Å². The van der Waals surface area contributed by atoms with Gasteiger partial charge in [0.2, 0.25) is 0 Å². The van der Waals surface area contributed by atoms with Crippen molar-refractivity contribution >= 4 is 5.97 Å². The molecule has 33 heavy (non-hydrogen) atoms. The lowest BCUT2D eigenvalue weighted by Crippen LogP contribution is -2.33. The third-order valence-corrected chi connectivity index (χ3v) is 7.05. The minimum absolute atomic E-state index is 0.0464. The van der Waals surface area contributed by atoms with Crippen LogP contribution in [0.25, 0.3) is 0 Å². The predicted octanol–water partition coefficient (Wildman–Crippen LogP) is 5.30. The molecule has 6 heteroatoms. The molecule has 2 rings (SSSR count). The van der Waals surface area contributed by atoms with E-state index >= 15 is 0 Å². The van der Waals surface area contributed by atoms with Crippen LogP contribution in [0, 0.1) is 11.8 Å². The van der Waals surface area contributed by atoms with E-state index in [0.29, 0.717) is 26.1 Å². The van der Waals surface area contributed by atoms with Gasteiger partial charge in [0.05, 0.1) is 31.5 Å². The van der Waals surface area contributed by atoms with Crippen LogP contribution in [-0.2, 0) is 19.0 Å². The number of unbranched alkanes of at least 4 members (excludes halogenated alkanes) is 5. The molecule has 2 fully saturated rings. The van der Waals surface area contributed by atoms with Crippen molar-refractivity contribution in [1.29, 1.82) is 0 Å². The second kappa shape index (κ2) is 15.1. The zero-order valence-corrected chi connectivity index (χ0v) is 21.2. The maximum Gasteiger partial charge on any atom is 0.306 e. The molecule has 0 aromatic carbocycles. The monoisotopic (exact) mass is 468 g/mol. The largest absolute Gasteiger partial charge is 0.463 e. The molecule has 1 unspecified atom stereocenters. The third kappa shape index (κ3) is 10.1. The first-order valence-electron chi connectivity index (χ1n) is 13.4. The molecular weight excluding hydrogens is 420 g/mol. The molecule has 0 aromatic heterocycles. The molecule has 0 radical (unpaired) electrons. The van der Waals surface area contributed by atoms with Gasteiger partial charge in [-0.05, 0) is 64.2 Å². The molecule has 2 N–H and O–H groups in total. The molecule has 1 aliphatic carbocycles. The van der Waals surface area contributed by atoms with Crippen LogP contribution >= 0.6 is 0 Å². The van der Waals surface area contributed by atoms with Gasteiger partial charge in [0.15, 0.2) is 5.79 Å². The average Bonchev–Trinajstić information content (AvgIpc) is 3.33. The summed E-state index contributed by atoms with van der Waals surface area (Å²) in [4.78, 5) is 11.6. The lowest BCUT2D eigenvalue weighted by atomic mass is 9.85. The molecule has 0 spiro atoms. The number of carbonyl (C=O) groups excluding carboxylic acids is 1. The van der Waals surface area contributed by atoms with Gasteiger partial charge in [0, 0.05) is 19.3 Å². The number of rotatable bonds is 16. The second-order valence-corrected chi connectivity index (χ2v) is 10.1. The van der Waals surface area contributed by atoms with Gasteiger partial charge in [-0.3, -0.25) is 4.79 Å². The first-order chi connectivity index (χ1) is 15.9. The fourth-order valence-electron chi connectivity index (χ4n) is 5.26. The van der Waals surface area contributed by atoms with Gasteiger partial charge in [-0.25, -0.2) is 0 Å². The molecule has 0 bridgehead atoms. The maximum absolute atomic E-state index is 11.6. The minimum Gasteiger partial charge on any atom is -0.463 e. The standard InChI is InChI=1S/C27H48O6/c1-4-5-6-9-12-16-27(31-18-19-32-27)17-15-23-22(24(28)20-25(23)29)13-10-7-8-11-14-26(30)33-21(2)3/h7,10,21-25,28-29H,4-6,8-9,11-20H2,1-3H3/t22-,23-,24?,25-/m1/s1. The van der Waals surface area contributed by atoms with Crippen LogP contribution in [0.15, 0.2) is 12.2 Å². The molecular formula is C27H48O6. The Morgan fingerprint density at radius 1 is 1.00 bits per heavy atom. The van der Waals surface area contributed by atoms with Gasteiger partial charge in [-0.15, -0.1) is 0 Å². The van der Waals surface area contributed by atoms with Crippen molar-refractivity contribution in [3.8, 4) is 0 Å². The van der Waals surface area contributed by atoms with Crippen molar-refractivity contribution in [2.75, 3.05) is 13.2 Å². The molecule has 2 aliphatic rings. The summed E-state index contributed by atoms with van der Waals surface area (Å²) in [6.07, 6.45) is 14.9. The maximum atomic E-state index is 11.6. The van der Waals surface area contributed by atoms with Gasteiger partial charge in [-0.2, -0.15) is 0 Å². The number of esters is 1. The molecule has 1 heterocycles. The zero-order valence-electron chi connectivity index (χ0n) is 21.2. The molecule has 6 nitrogen and oxygen atoms in total. The zero-order chi connectivity index (χ0) is 24.1. The molecule has 0 aromatic rings. The Morgan fingerprint density at radius 3 is 2.39 bits per heavy atom. The van der Waals surface area contributed by atoms with Crippen LogP contribution in [0.4, 0.5) is 0 Å². The van der Waals surface area contributed by atoms with E-state index in [1.54, 1.807) is 0 Å². The number of hydrogen-bond donors (Lipinski definition) is 2. The Balaban J connectivity index is 1.78. The van der Waals surface area contributed by atoms with Crippen LogP contribution in [0.5, 0.6) is 0 Å². The lowest BCUT2D eigenvalue weighted by molar-refractivity contribution is -0.171. The van der Waals surface area contributed by atoms with Crippen LogP contribution in [-0.4, -0.2) is 53.5 Å². The number of hydrogen-bond acceptors (Lipinski definition) is 6. The van der Waals surface area contributed by atoms with Crippen molar-refractivity contribution in [3.05, 3.63) is 12.2 Å². The summed E-state index contributed by atoms with van der Waals surface area (Å²) in [7, 11) is 0. The summed E-state index contributed by atoms with van der Waals surface area (Å²) >= 11 is 0. The van der Waals surface area contributed by atoms with E-state index in [-0.39, 0.29) is 23.9 Å². The van der Waals surface area contributed by atoms with Gasteiger partial charge < -0.3 is 24.4 Å². The van der Waals surface area contributed by atoms with Crippen LogP contribution < -0.4 is 0 Å². The fourth-order valence-corrected chi connectivity index (χ4v) is 5.26. The van der Waals surface area contributed by atoms with Crippen molar-refractivity contribution in [2.45, 2.75) is 128 Å². The fraction of sp³-hybridized carbons (Fsp3) is 0.889. The molecule has 192 valence electrons. The van der Waals surface area contributed by atoms with Gasteiger partial charge in [0.1, 0.15) is 0 Å². The Kier molecular flexibility index (Phi) is 13.0. The van der Waals surface area contributed by atoms with E-state index in [1.807, 2.05) is 13.8 Å². The van der Waals surface area contributed by atoms with E-state index in [9.17, 15) is 15.0 Å². The molecule has 1 saturated carbocycles. The van der Waals surface area contributed by atoms with E-state index in [0.717, 1.165) is 44.9 Å². The summed E-state index contributed by atoms with van der Waals surface area (Å²) in [5.41, 5.74) is 0. The number of allylic oxidation sites excluding steroid dienone is 2. The highest BCUT2D eigenvalue weighted by Crippen LogP contribution is 2.41. The Bertz CT molecular complexity index is 569. The van der Waals surface area contributed by atoms with E-state index in [2.05, 4.69) is 19.1 Å². The van der Waals surface area contributed by atoms with E-state index in [4.69, 9.17) is 14.2 Å². The highest BCUT2D eigenvalue weighted by molar-refractivity contribution is 5.69. The van der Waals surface area contributed by atoms with Crippen molar-refractivity contribution < 1.29 is 29.2 Å². The van der Waals surface area contributed by atoms with Crippen LogP contribution in [0.3, 0.4) is 0 Å². The summed E-state index contributed by atoms with van der Waals surface area (Å²) in [5.74, 6) is -0.561. The first kappa shape index (κ1) is 28.3. The lowest BCUT2D eigenvalue weighted by Gasteiger charge is -2.31. The Labute approximate surface area is 201 Å². The van der Waals surface area contributed by atoms with Crippen molar-refractivity contribution in [3.63, 3.8) is 0 Å². The third-order valence-electron chi connectivity index (χ3n) is 7.05. The first-order valence-corrected chi connectivity index (χ1v) is 13.4. The highest BCUT2D eigenvalue weighted by Gasteiger charge is 2.43. The summed E-state index contributed by atoms with van der Waals surface area (Å²) in [6, 6.07) is 0. The van der Waals surface area contributed by atoms with Gasteiger partial charge in [0.25, 0.3) is 0 Å². The van der Waals surface area contributed by atoms with Crippen molar-refractivity contribution in [2.24, 2.45) is 11.8 Å². The Hall–Kier alpha value is -0.950. The molecule has 4 atom stereocenters. The van der Waals surface area contributed by atoms with Crippen LogP contribution in [0.2, 0.25) is 0 Å². The number of aliphatic hydroxyl groups is 2. The smallest absolute Gasteiger partial charge is 0.306 e.